The Bertz CT molecular complexity index is 946. The maximum Gasteiger partial charge on any atom is 0.242 e. The van der Waals surface area contributed by atoms with E-state index in [1.807, 2.05) is 37.3 Å². The van der Waals surface area contributed by atoms with Gasteiger partial charge in [-0.15, -0.1) is 0 Å². The van der Waals surface area contributed by atoms with Gasteiger partial charge in [0.1, 0.15) is 5.76 Å². The van der Waals surface area contributed by atoms with Gasteiger partial charge in [0.15, 0.2) is 11.5 Å². The lowest BCUT2D eigenvalue weighted by molar-refractivity contribution is -0.141. The van der Waals surface area contributed by atoms with Crippen LogP contribution in [0.3, 0.4) is 0 Å². The maximum absolute atomic E-state index is 13.6. The van der Waals surface area contributed by atoms with Gasteiger partial charge >= 0.3 is 0 Å². The van der Waals surface area contributed by atoms with Crippen LogP contribution in [0.15, 0.2) is 41.0 Å². The van der Waals surface area contributed by atoms with Crippen LogP contribution in [0.4, 0.5) is 0 Å². The molecule has 2 amide bonds. The van der Waals surface area contributed by atoms with Crippen LogP contribution in [0, 0.1) is 0 Å². The average molecular weight is 515 g/mol. The zero-order valence-electron chi connectivity index (χ0n) is 22.4. The SMILES string of the molecule is CCCCCCCCC(=O)N(CCCOCC)CC(=O)N(Cc1ccc2c(c1)OCO2)Cc1ccco1. The summed E-state index contributed by atoms with van der Waals surface area (Å²) in [5, 5.41) is 0. The summed E-state index contributed by atoms with van der Waals surface area (Å²) in [5.41, 5.74) is 0.922. The standard InChI is InChI=1S/C29H42N2O6/c1-3-5-6-7-8-9-13-28(32)30(16-11-17-34-4-2)22-29(33)31(21-25-12-10-18-35-25)20-24-14-15-26-27(19-24)37-23-36-26/h10,12,14-15,18-19H,3-9,11,13,16-17,20-23H2,1-2H3. The number of carbonyl (C=O) groups is 2. The highest BCUT2D eigenvalue weighted by Crippen LogP contribution is 2.33. The van der Waals surface area contributed by atoms with Crippen molar-refractivity contribution < 1.29 is 28.2 Å². The van der Waals surface area contributed by atoms with Crippen LogP contribution in [0.1, 0.15) is 76.5 Å². The molecular weight excluding hydrogens is 472 g/mol. The summed E-state index contributed by atoms with van der Waals surface area (Å²) >= 11 is 0. The van der Waals surface area contributed by atoms with Crippen molar-refractivity contribution in [2.45, 2.75) is 78.3 Å². The fourth-order valence-electron chi connectivity index (χ4n) is 4.35. The quantitative estimate of drug-likeness (QED) is 0.243. The zero-order chi connectivity index (χ0) is 26.3. The van der Waals surface area contributed by atoms with Crippen LogP contribution in [-0.4, -0.2) is 54.7 Å². The highest BCUT2D eigenvalue weighted by molar-refractivity contribution is 5.84. The predicted molar refractivity (Wildman–Crippen MR) is 141 cm³/mol. The van der Waals surface area contributed by atoms with E-state index in [-0.39, 0.29) is 25.2 Å². The van der Waals surface area contributed by atoms with Crippen LogP contribution in [0.5, 0.6) is 11.5 Å². The number of carbonyl (C=O) groups excluding carboxylic acids is 2. The van der Waals surface area contributed by atoms with E-state index in [0.717, 1.165) is 24.8 Å². The van der Waals surface area contributed by atoms with E-state index in [9.17, 15) is 9.59 Å². The molecule has 0 bridgehead atoms. The largest absolute Gasteiger partial charge is 0.467 e. The number of benzene rings is 1. The second-order valence-electron chi connectivity index (χ2n) is 9.40. The monoisotopic (exact) mass is 514 g/mol. The number of fused-ring (bicyclic) bond motifs is 1. The Kier molecular flexibility index (Phi) is 12.3. The van der Waals surface area contributed by atoms with E-state index < -0.39 is 0 Å². The Morgan fingerprint density at radius 1 is 0.892 bits per heavy atom. The number of amides is 2. The van der Waals surface area contributed by atoms with Crippen molar-refractivity contribution in [3.8, 4) is 11.5 Å². The van der Waals surface area contributed by atoms with E-state index in [2.05, 4.69) is 6.92 Å². The van der Waals surface area contributed by atoms with Crippen molar-refractivity contribution >= 4 is 11.8 Å². The first-order valence-corrected chi connectivity index (χ1v) is 13.6. The number of hydrogen-bond acceptors (Lipinski definition) is 6. The molecule has 204 valence electrons. The Morgan fingerprint density at radius 2 is 1.70 bits per heavy atom. The Labute approximate surface area is 220 Å². The molecule has 0 fully saturated rings. The molecule has 0 atom stereocenters. The fourth-order valence-corrected chi connectivity index (χ4v) is 4.35. The van der Waals surface area contributed by atoms with Gasteiger partial charge in [-0.05, 0) is 49.6 Å². The molecule has 0 aliphatic carbocycles. The minimum absolute atomic E-state index is 0.0290. The van der Waals surface area contributed by atoms with Gasteiger partial charge in [0, 0.05) is 32.7 Å². The Hall–Kier alpha value is -3.00. The third kappa shape index (κ3) is 9.76. The number of ether oxygens (including phenoxy) is 3. The van der Waals surface area contributed by atoms with Crippen LogP contribution in [-0.2, 0) is 27.4 Å². The molecule has 8 nitrogen and oxygen atoms in total. The van der Waals surface area contributed by atoms with Crippen LogP contribution < -0.4 is 9.47 Å². The number of nitrogens with zero attached hydrogens (tertiary/aromatic N) is 2. The van der Waals surface area contributed by atoms with Crippen molar-refractivity contribution in [2.24, 2.45) is 0 Å². The molecule has 0 unspecified atom stereocenters. The number of hydrogen-bond donors (Lipinski definition) is 0. The second kappa shape index (κ2) is 16.0. The van der Waals surface area contributed by atoms with E-state index in [0.29, 0.717) is 62.9 Å². The Morgan fingerprint density at radius 3 is 2.49 bits per heavy atom. The molecule has 37 heavy (non-hydrogen) atoms. The fraction of sp³-hybridized carbons (Fsp3) is 0.586. The molecule has 8 heteroatoms. The predicted octanol–water partition coefficient (Wildman–Crippen LogP) is 5.54. The molecule has 2 heterocycles. The molecule has 0 saturated carbocycles. The molecule has 1 aromatic carbocycles. The first-order chi connectivity index (χ1) is 18.1. The van der Waals surface area contributed by atoms with Crippen LogP contribution >= 0.6 is 0 Å². The summed E-state index contributed by atoms with van der Waals surface area (Å²) in [7, 11) is 0. The van der Waals surface area contributed by atoms with Crippen molar-refractivity contribution in [3.05, 3.63) is 47.9 Å². The molecule has 2 aromatic rings. The molecule has 0 radical (unpaired) electrons. The minimum atomic E-state index is -0.123. The van der Waals surface area contributed by atoms with Crippen molar-refractivity contribution in [1.82, 2.24) is 9.80 Å². The zero-order valence-corrected chi connectivity index (χ0v) is 22.4. The summed E-state index contributed by atoms with van der Waals surface area (Å²) in [5.74, 6) is 1.97. The minimum Gasteiger partial charge on any atom is -0.467 e. The summed E-state index contributed by atoms with van der Waals surface area (Å²) in [4.78, 5) is 30.1. The topological polar surface area (TPSA) is 81.5 Å². The van der Waals surface area contributed by atoms with E-state index in [1.165, 1.54) is 19.3 Å². The van der Waals surface area contributed by atoms with Gasteiger partial charge < -0.3 is 28.4 Å². The van der Waals surface area contributed by atoms with Crippen LogP contribution in [0.25, 0.3) is 0 Å². The van der Waals surface area contributed by atoms with E-state index in [4.69, 9.17) is 18.6 Å². The van der Waals surface area contributed by atoms with Crippen molar-refractivity contribution in [3.63, 3.8) is 0 Å². The van der Waals surface area contributed by atoms with Gasteiger partial charge in [-0.25, -0.2) is 0 Å². The smallest absolute Gasteiger partial charge is 0.242 e. The van der Waals surface area contributed by atoms with Gasteiger partial charge in [0.25, 0.3) is 0 Å². The van der Waals surface area contributed by atoms with Crippen molar-refractivity contribution in [1.29, 1.82) is 0 Å². The van der Waals surface area contributed by atoms with Gasteiger partial charge in [0.05, 0.1) is 19.4 Å². The highest BCUT2D eigenvalue weighted by atomic mass is 16.7. The maximum atomic E-state index is 13.6. The molecule has 0 saturated heterocycles. The molecule has 1 aliphatic rings. The lowest BCUT2D eigenvalue weighted by Gasteiger charge is -2.27. The summed E-state index contributed by atoms with van der Waals surface area (Å²) in [6.07, 6.45) is 9.46. The normalized spacial score (nSPS) is 12.1. The molecular formula is C29H42N2O6. The average Bonchev–Trinajstić information content (AvgIpc) is 3.59. The molecule has 1 aromatic heterocycles. The van der Waals surface area contributed by atoms with Gasteiger partial charge in [-0.2, -0.15) is 0 Å². The van der Waals surface area contributed by atoms with Gasteiger partial charge in [0.2, 0.25) is 18.6 Å². The first-order valence-electron chi connectivity index (χ1n) is 13.6. The van der Waals surface area contributed by atoms with E-state index >= 15 is 0 Å². The molecule has 0 spiro atoms. The summed E-state index contributed by atoms with van der Waals surface area (Å²) in [6, 6.07) is 9.34. The first kappa shape index (κ1) is 28.6. The number of rotatable bonds is 18. The third-order valence-electron chi connectivity index (χ3n) is 6.43. The van der Waals surface area contributed by atoms with Crippen molar-refractivity contribution in [2.75, 3.05) is 33.1 Å². The highest BCUT2D eigenvalue weighted by Gasteiger charge is 2.23. The Balaban J connectivity index is 1.64. The molecule has 3 rings (SSSR count). The lowest BCUT2D eigenvalue weighted by Crippen LogP contribution is -2.43. The second-order valence-corrected chi connectivity index (χ2v) is 9.40. The molecule has 0 N–H and O–H groups in total. The van der Waals surface area contributed by atoms with E-state index in [1.54, 1.807) is 16.1 Å². The number of unbranched alkanes of at least 4 members (excludes halogenated alkanes) is 5. The van der Waals surface area contributed by atoms with Crippen LogP contribution in [0.2, 0.25) is 0 Å². The summed E-state index contributed by atoms with van der Waals surface area (Å²) < 4.78 is 21.9. The summed E-state index contributed by atoms with van der Waals surface area (Å²) in [6.45, 7) is 6.77. The molecule has 1 aliphatic heterocycles. The lowest BCUT2D eigenvalue weighted by atomic mass is 10.1. The third-order valence-corrected chi connectivity index (χ3v) is 6.43. The number of furan rings is 1. The van der Waals surface area contributed by atoms with Gasteiger partial charge in [-0.3, -0.25) is 9.59 Å². The van der Waals surface area contributed by atoms with Gasteiger partial charge in [-0.1, -0.05) is 45.1 Å².